The number of halogens is 2. The Morgan fingerprint density at radius 3 is 2.78 bits per heavy atom. The number of amidine groups is 1. The van der Waals surface area contributed by atoms with E-state index in [0.717, 1.165) is 5.56 Å². The Balaban J connectivity index is 1.76. The maximum atomic E-state index is 6.16. The third kappa shape index (κ3) is 4.68. The van der Waals surface area contributed by atoms with Gasteiger partial charge in [-0.1, -0.05) is 41.4 Å². The minimum atomic E-state index is 0.146. The van der Waals surface area contributed by atoms with Crippen LogP contribution in [0.25, 0.3) is 0 Å². The summed E-state index contributed by atoms with van der Waals surface area (Å²) in [5.74, 6) is 1.16. The first-order chi connectivity index (χ1) is 13.1. The second-order valence-electron chi connectivity index (χ2n) is 5.37. The van der Waals surface area contributed by atoms with Gasteiger partial charge in [0.15, 0.2) is 17.4 Å². The molecular weight excluding hydrogens is 393 g/mol. The van der Waals surface area contributed by atoms with Crippen molar-refractivity contribution in [3.8, 4) is 5.75 Å². The first-order valence-corrected chi connectivity index (χ1v) is 8.56. The first-order valence-electron chi connectivity index (χ1n) is 7.80. The molecule has 27 heavy (non-hydrogen) atoms. The minimum Gasteiger partial charge on any atom is -0.495 e. The number of nitrogens with one attached hydrogen (secondary N) is 3. The Morgan fingerprint density at radius 1 is 1.26 bits per heavy atom. The van der Waals surface area contributed by atoms with E-state index < -0.39 is 0 Å². The molecule has 3 rings (SSSR count). The lowest BCUT2D eigenvalue weighted by atomic mass is 10.2. The molecule has 1 heterocycles. The third-order valence-electron chi connectivity index (χ3n) is 3.58. The number of hydrogen-bond acceptors (Lipinski definition) is 8. The number of para-hydroxylation sites is 2. The molecule has 0 bridgehead atoms. The van der Waals surface area contributed by atoms with Gasteiger partial charge in [0, 0.05) is 10.0 Å². The molecule has 0 radical (unpaired) electrons. The molecule has 1 aliphatic heterocycles. The molecule has 0 unspecified atom stereocenters. The number of nitrogens with two attached hydrogens (primary N) is 1. The van der Waals surface area contributed by atoms with Crippen molar-refractivity contribution < 1.29 is 14.5 Å². The summed E-state index contributed by atoms with van der Waals surface area (Å²) in [5.41, 5.74) is 13.0. The third-order valence-corrected chi connectivity index (χ3v) is 4.17. The Hall–Kier alpha value is -2.81. The smallest absolute Gasteiger partial charge is 0.196 e. The molecule has 8 nitrogen and oxygen atoms in total. The van der Waals surface area contributed by atoms with E-state index in [4.69, 9.17) is 43.4 Å². The minimum absolute atomic E-state index is 0.146. The van der Waals surface area contributed by atoms with Crippen molar-refractivity contribution >= 4 is 34.7 Å². The van der Waals surface area contributed by atoms with E-state index >= 15 is 0 Å². The quantitative estimate of drug-likeness (QED) is 0.521. The van der Waals surface area contributed by atoms with Gasteiger partial charge in [-0.2, -0.15) is 5.48 Å². The molecule has 0 amide bonds. The molecular formula is C17H17Cl2N5O3. The van der Waals surface area contributed by atoms with Crippen molar-refractivity contribution in [3.63, 3.8) is 0 Å². The second-order valence-corrected chi connectivity index (χ2v) is 6.22. The predicted molar refractivity (Wildman–Crippen MR) is 104 cm³/mol. The van der Waals surface area contributed by atoms with Crippen molar-refractivity contribution in [2.75, 3.05) is 12.4 Å². The number of anilines is 1. The van der Waals surface area contributed by atoms with Crippen LogP contribution in [-0.2, 0) is 16.4 Å². The van der Waals surface area contributed by atoms with E-state index in [1.165, 1.54) is 0 Å². The van der Waals surface area contributed by atoms with Gasteiger partial charge in [-0.05, 0) is 35.0 Å². The van der Waals surface area contributed by atoms with Gasteiger partial charge in [0.25, 0.3) is 0 Å². The van der Waals surface area contributed by atoms with Gasteiger partial charge in [0.1, 0.15) is 12.4 Å². The Bertz CT molecular complexity index is 889. The number of benzene rings is 2. The zero-order valence-electron chi connectivity index (χ0n) is 14.3. The Labute approximate surface area is 165 Å². The van der Waals surface area contributed by atoms with Gasteiger partial charge in [-0.15, -0.1) is 0 Å². The Morgan fingerprint density at radius 2 is 2.07 bits per heavy atom. The van der Waals surface area contributed by atoms with E-state index in [-0.39, 0.29) is 12.4 Å². The van der Waals surface area contributed by atoms with Gasteiger partial charge in [-0.25, -0.2) is 5.48 Å². The molecule has 0 fully saturated rings. The SMILES string of the molecule is COc1ccccc1NC(NOCc1ccc(Cl)cc1Cl)=C1NON=C1N. The summed E-state index contributed by atoms with van der Waals surface area (Å²) in [4.78, 5) is 10.4. The highest BCUT2D eigenvalue weighted by atomic mass is 35.5. The molecule has 5 N–H and O–H groups in total. The summed E-state index contributed by atoms with van der Waals surface area (Å²) in [7, 11) is 1.58. The van der Waals surface area contributed by atoms with E-state index in [9.17, 15) is 0 Å². The van der Waals surface area contributed by atoms with E-state index in [1.807, 2.05) is 24.3 Å². The summed E-state index contributed by atoms with van der Waals surface area (Å²) < 4.78 is 5.34. The fraction of sp³-hybridized carbons (Fsp3) is 0.118. The summed E-state index contributed by atoms with van der Waals surface area (Å²) in [5, 5.41) is 7.83. The molecule has 0 spiro atoms. The molecule has 10 heteroatoms. The van der Waals surface area contributed by atoms with Gasteiger partial charge < -0.3 is 15.8 Å². The van der Waals surface area contributed by atoms with Gasteiger partial charge in [0.2, 0.25) is 0 Å². The van der Waals surface area contributed by atoms with Crippen molar-refractivity contribution in [1.29, 1.82) is 0 Å². The lowest BCUT2D eigenvalue weighted by Gasteiger charge is -2.17. The van der Waals surface area contributed by atoms with E-state index in [1.54, 1.807) is 25.3 Å². The molecule has 142 valence electrons. The van der Waals surface area contributed by atoms with Gasteiger partial charge in [-0.3, -0.25) is 9.78 Å². The number of methoxy groups -OCH3 is 1. The van der Waals surface area contributed by atoms with Crippen LogP contribution in [0.3, 0.4) is 0 Å². The average molecular weight is 410 g/mol. The monoisotopic (exact) mass is 409 g/mol. The van der Waals surface area contributed by atoms with E-state index in [2.05, 4.69) is 21.4 Å². The maximum absolute atomic E-state index is 6.16. The van der Waals surface area contributed by atoms with Crippen molar-refractivity contribution in [2.24, 2.45) is 10.9 Å². The number of rotatable bonds is 7. The average Bonchev–Trinajstić information content (AvgIpc) is 3.09. The van der Waals surface area contributed by atoms with Gasteiger partial charge >= 0.3 is 0 Å². The normalized spacial score (nSPS) is 14.7. The van der Waals surface area contributed by atoms with Crippen LogP contribution in [0.15, 0.2) is 59.1 Å². The standard InChI is InChI=1S/C17H17Cl2N5O3/c1-25-14-5-3-2-4-13(14)21-17(15-16(20)23-27-22-15)24-26-9-10-6-7-11(18)8-12(10)19/h2-8,21-22,24H,9H2,1H3,(H2,20,23). The summed E-state index contributed by atoms with van der Waals surface area (Å²) in [6.07, 6.45) is 0. The second kappa shape index (κ2) is 8.72. The zero-order valence-corrected chi connectivity index (χ0v) is 15.8. The summed E-state index contributed by atoms with van der Waals surface area (Å²) in [6.45, 7) is 0.179. The predicted octanol–water partition coefficient (Wildman–Crippen LogP) is 3.11. The lowest BCUT2D eigenvalue weighted by Crippen LogP contribution is -2.30. The highest BCUT2D eigenvalue weighted by Gasteiger charge is 2.19. The van der Waals surface area contributed by atoms with Crippen LogP contribution in [0.4, 0.5) is 5.69 Å². The lowest BCUT2D eigenvalue weighted by molar-refractivity contribution is 0.0460. The van der Waals surface area contributed by atoms with Crippen molar-refractivity contribution in [3.05, 3.63) is 69.6 Å². The number of hydroxylamine groups is 2. The highest BCUT2D eigenvalue weighted by Crippen LogP contribution is 2.25. The number of hydrogen-bond donors (Lipinski definition) is 4. The summed E-state index contributed by atoms with van der Waals surface area (Å²) >= 11 is 12.1. The fourth-order valence-corrected chi connectivity index (χ4v) is 2.70. The largest absolute Gasteiger partial charge is 0.495 e. The van der Waals surface area contributed by atoms with Crippen LogP contribution >= 0.6 is 23.2 Å². The fourth-order valence-electron chi connectivity index (χ4n) is 2.24. The molecule has 1 aliphatic rings. The molecule has 0 aromatic heterocycles. The van der Waals surface area contributed by atoms with Crippen LogP contribution in [0.2, 0.25) is 10.0 Å². The highest BCUT2D eigenvalue weighted by molar-refractivity contribution is 6.35. The molecule has 0 atom stereocenters. The van der Waals surface area contributed by atoms with Crippen molar-refractivity contribution in [1.82, 2.24) is 11.0 Å². The van der Waals surface area contributed by atoms with Crippen LogP contribution in [0.1, 0.15) is 5.56 Å². The van der Waals surface area contributed by atoms with Crippen LogP contribution in [0, 0.1) is 0 Å². The summed E-state index contributed by atoms with van der Waals surface area (Å²) in [6, 6.07) is 12.5. The number of oxime groups is 1. The van der Waals surface area contributed by atoms with Crippen molar-refractivity contribution in [2.45, 2.75) is 6.61 Å². The molecule has 0 saturated heterocycles. The van der Waals surface area contributed by atoms with E-state index in [0.29, 0.717) is 33.0 Å². The van der Waals surface area contributed by atoms with Crippen LogP contribution < -0.4 is 26.7 Å². The number of nitrogens with zero attached hydrogens (tertiary/aromatic N) is 1. The molecule has 0 saturated carbocycles. The molecule has 0 aliphatic carbocycles. The Kier molecular flexibility index (Phi) is 6.12. The zero-order chi connectivity index (χ0) is 19.2. The van der Waals surface area contributed by atoms with Crippen LogP contribution in [0.5, 0.6) is 5.75 Å². The van der Waals surface area contributed by atoms with Crippen LogP contribution in [-0.4, -0.2) is 12.9 Å². The number of ether oxygens (including phenoxy) is 1. The van der Waals surface area contributed by atoms with Gasteiger partial charge in [0.05, 0.1) is 12.8 Å². The first kappa shape index (κ1) is 19.0. The molecule has 2 aromatic carbocycles. The maximum Gasteiger partial charge on any atom is 0.196 e. The molecule has 2 aromatic rings. The topological polar surface area (TPSA) is 102 Å².